The molecule has 2 aromatic heterocycles. The van der Waals surface area contributed by atoms with Gasteiger partial charge in [0.1, 0.15) is 11.5 Å². The predicted molar refractivity (Wildman–Crippen MR) is 171 cm³/mol. The number of aromatic nitrogens is 1. The van der Waals surface area contributed by atoms with Crippen LogP contribution in [0.4, 0.5) is 5.69 Å². The fraction of sp³-hybridized carbons (Fsp3) is 0.250. The Morgan fingerprint density at radius 3 is 2.60 bits per heavy atom. The first kappa shape index (κ1) is 33.2. The van der Waals surface area contributed by atoms with Crippen LogP contribution in [0.5, 0.6) is 11.5 Å². The summed E-state index contributed by atoms with van der Waals surface area (Å²) < 4.78 is 29.0. The van der Waals surface area contributed by atoms with Crippen LogP contribution in [0.15, 0.2) is 74.0 Å². The minimum absolute atomic E-state index is 0.104. The van der Waals surface area contributed by atoms with Crippen molar-refractivity contribution in [1.82, 2.24) is 4.57 Å². The number of thiazole rings is 1. The summed E-state index contributed by atoms with van der Waals surface area (Å²) in [6, 6.07) is 11.1. The zero-order chi connectivity index (χ0) is 33.8. The highest BCUT2D eigenvalue weighted by molar-refractivity contribution is 7.07. The Kier molecular flexibility index (Phi) is 9.92. The van der Waals surface area contributed by atoms with Gasteiger partial charge >= 0.3 is 11.9 Å². The minimum Gasteiger partial charge on any atom is -0.490 e. The zero-order valence-electron chi connectivity index (χ0n) is 25.6. The molecule has 0 unspecified atom stereocenters. The summed E-state index contributed by atoms with van der Waals surface area (Å²) in [5, 5.41) is 11.5. The highest BCUT2D eigenvalue weighted by Gasteiger charge is 2.34. The smallest absolute Gasteiger partial charge is 0.343 e. The van der Waals surface area contributed by atoms with E-state index in [1.807, 2.05) is 0 Å². The van der Waals surface area contributed by atoms with Gasteiger partial charge in [0.25, 0.3) is 11.2 Å². The van der Waals surface area contributed by atoms with Crippen molar-refractivity contribution in [1.29, 1.82) is 0 Å². The van der Waals surface area contributed by atoms with Gasteiger partial charge in [0, 0.05) is 23.8 Å². The number of hydrogen-bond acceptors (Lipinski definition) is 12. The molecule has 0 amide bonds. The summed E-state index contributed by atoms with van der Waals surface area (Å²) in [4.78, 5) is 54.7. The Bertz CT molecular complexity index is 2100. The number of carbonyl (C=O) groups excluding carboxylic acids is 2. The molecule has 1 aliphatic rings. The number of ether oxygens (including phenoxy) is 4. The second-order valence-corrected chi connectivity index (χ2v) is 11.3. The van der Waals surface area contributed by atoms with Crippen molar-refractivity contribution in [2.45, 2.75) is 26.8 Å². The van der Waals surface area contributed by atoms with E-state index in [2.05, 4.69) is 9.73 Å². The van der Waals surface area contributed by atoms with E-state index in [0.717, 1.165) is 11.3 Å². The molecule has 0 saturated carbocycles. The van der Waals surface area contributed by atoms with Crippen LogP contribution in [0.2, 0.25) is 5.02 Å². The van der Waals surface area contributed by atoms with Gasteiger partial charge in [0.2, 0.25) is 0 Å². The van der Waals surface area contributed by atoms with Gasteiger partial charge in [0.05, 0.1) is 52.1 Å². The Hall–Kier alpha value is -5.21. The quantitative estimate of drug-likeness (QED) is 0.125. The Balaban J connectivity index is 1.62. The average molecular weight is 682 g/mol. The van der Waals surface area contributed by atoms with E-state index < -0.39 is 28.5 Å². The number of fused-ring (bicyclic) bond motifs is 1. The lowest BCUT2D eigenvalue weighted by Crippen LogP contribution is -2.40. The molecule has 3 heterocycles. The molecule has 0 spiro atoms. The number of nitrogens with zero attached hydrogens (tertiary/aromatic N) is 3. The van der Waals surface area contributed by atoms with Crippen LogP contribution in [-0.2, 0) is 19.1 Å². The van der Waals surface area contributed by atoms with E-state index in [4.69, 9.17) is 30.2 Å². The van der Waals surface area contributed by atoms with Gasteiger partial charge in [-0.25, -0.2) is 14.6 Å². The number of esters is 2. The number of allylic oxidation sites excluding steroid dienone is 1. The van der Waals surface area contributed by atoms with Gasteiger partial charge in [-0.05, 0) is 56.7 Å². The zero-order valence-corrected chi connectivity index (χ0v) is 27.2. The monoisotopic (exact) mass is 681 g/mol. The molecule has 4 aromatic rings. The molecule has 47 heavy (non-hydrogen) atoms. The number of nitro groups is 1. The number of halogens is 1. The molecule has 2 aromatic carbocycles. The summed E-state index contributed by atoms with van der Waals surface area (Å²) >= 11 is 7.38. The average Bonchev–Trinajstić information content (AvgIpc) is 3.63. The van der Waals surface area contributed by atoms with Crippen LogP contribution in [0, 0.1) is 10.1 Å². The largest absolute Gasteiger partial charge is 0.490 e. The van der Waals surface area contributed by atoms with E-state index in [0.29, 0.717) is 21.6 Å². The maximum Gasteiger partial charge on any atom is 0.343 e. The molecule has 1 atom stereocenters. The van der Waals surface area contributed by atoms with Crippen LogP contribution in [0.25, 0.3) is 17.4 Å². The molecular weight excluding hydrogens is 654 g/mol. The van der Waals surface area contributed by atoms with Crippen molar-refractivity contribution in [3.8, 4) is 22.8 Å². The number of furan rings is 1. The van der Waals surface area contributed by atoms with Crippen molar-refractivity contribution >= 4 is 46.6 Å². The number of rotatable bonds is 11. The molecule has 0 radical (unpaired) electrons. The highest BCUT2D eigenvalue weighted by Crippen LogP contribution is 2.37. The normalized spacial score (nSPS) is 14.3. The van der Waals surface area contributed by atoms with Crippen molar-refractivity contribution in [2.24, 2.45) is 4.99 Å². The molecule has 244 valence electrons. The summed E-state index contributed by atoms with van der Waals surface area (Å²) in [5.41, 5.74) is 0.746. The van der Waals surface area contributed by atoms with Crippen LogP contribution in [-0.4, -0.2) is 48.4 Å². The lowest BCUT2D eigenvalue weighted by molar-refractivity contribution is -0.384. The summed E-state index contributed by atoms with van der Waals surface area (Å²) in [6.07, 6.45) is 1.52. The van der Waals surface area contributed by atoms with Crippen molar-refractivity contribution < 1.29 is 37.9 Å². The van der Waals surface area contributed by atoms with Crippen LogP contribution >= 0.6 is 22.9 Å². The fourth-order valence-corrected chi connectivity index (χ4v) is 6.14. The topological polar surface area (TPSA) is 162 Å². The fourth-order valence-electron chi connectivity index (χ4n) is 4.90. The molecule has 0 aliphatic carbocycles. The third-order valence-electron chi connectivity index (χ3n) is 7.00. The molecule has 0 bridgehead atoms. The summed E-state index contributed by atoms with van der Waals surface area (Å²) in [5.74, 6) is -0.100. The van der Waals surface area contributed by atoms with Crippen LogP contribution in [0.1, 0.15) is 38.1 Å². The maximum atomic E-state index is 14.0. The number of hydrogen-bond donors (Lipinski definition) is 0. The molecule has 1 aliphatic heterocycles. The third-order valence-corrected chi connectivity index (χ3v) is 8.31. The molecule has 0 N–H and O–H groups in total. The summed E-state index contributed by atoms with van der Waals surface area (Å²) in [7, 11) is 1.25. The molecule has 5 rings (SSSR count). The molecule has 13 nitrogen and oxygen atoms in total. The minimum atomic E-state index is -0.947. The number of benzene rings is 2. The van der Waals surface area contributed by atoms with Crippen molar-refractivity contribution in [3.63, 3.8) is 0 Å². The van der Waals surface area contributed by atoms with Gasteiger partial charge in [-0.15, -0.1) is 0 Å². The molecule has 15 heteroatoms. The van der Waals surface area contributed by atoms with Gasteiger partial charge in [0.15, 0.2) is 22.9 Å². The first-order valence-electron chi connectivity index (χ1n) is 14.3. The first-order chi connectivity index (χ1) is 22.6. The standard InChI is InChI=1S/C32H28ClN3O10S/c1-5-43-25-13-18(7-11-24(25)45-16-27(37)42-4)29-28(31(39)44-6-2)17(3)34-32-35(29)30(38)26(47-32)15-20-9-12-23(46-20)21-14-19(36(40)41)8-10-22(21)33/h7-15,29H,5-6,16H2,1-4H3/b26-15-/t29-/m0/s1. The van der Waals surface area contributed by atoms with Crippen molar-refractivity contribution in [2.75, 3.05) is 26.9 Å². The lowest BCUT2D eigenvalue weighted by atomic mass is 9.95. The van der Waals surface area contributed by atoms with Gasteiger partial charge in [-0.2, -0.15) is 0 Å². The van der Waals surface area contributed by atoms with E-state index in [9.17, 15) is 24.5 Å². The number of methoxy groups -OCH3 is 1. The number of non-ortho nitro benzene ring substituents is 1. The van der Waals surface area contributed by atoms with Crippen molar-refractivity contribution in [3.05, 3.63) is 106 Å². The second-order valence-electron chi connectivity index (χ2n) is 9.93. The SMILES string of the molecule is CCOC(=O)C1=C(C)N=c2s/c(=C\c3ccc(-c4cc([N+](=O)[O-])ccc4Cl)o3)c(=O)n2[C@H]1c1ccc(OCC(=O)OC)c(OCC)c1. The lowest BCUT2D eigenvalue weighted by Gasteiger charge is -2.25. The van der Waals surface area contributed by atoms with Crippen LogP contribution in [0.3, 0.4) is 0 Å². The van der Waals surface area contributed by atoms with Gasteiger partial charge in [-0.1, -0.05) is 29.0 Å². The maximum absolute atomic E-state index is 14.0. The molecule has 0 fully saturated rings. The summed E-state index contributed by atoms with van der Waals surface area (Å²) in [6.45, 7) is 5.15. The second kappa shape index (κ2) is 14.1. The third kappa shape index (κ3) is 6.83. The van der Waals surface area contributed by atoms with Gasteiger partial charge in [-0.3, -0.25) is 19.5 Å². The predicted octanol–water partition coefficient (Wildman–Crippen LogP) is 4.57. The first-order valence-corrected chi connectivity index (χ1v) is 15.5. The molecule has 0 saturated heterocycles. The number of nitro benzene ring substituents is 1. The Morgan fingerprint density at radius 2 is 1.89 bits per heavy atom. The highest BCUT2D eigenvalue weighted by atomic mass is 35.5. The van der Waals surface area contributed by atoms with E-state index in [1.165, 1.54) is 36.0 Å². The Labute approximate surface area is 276 Å². The van der Waals surface area contributed by atoms with E-state index in [1.54, 1.807) is 51.1 Å². The van der Waals surface area contributed by atoms with E-state index >= 15 is 0 Å². The van der Waals surface area contributed by atoms with E-state index in [-0.39, 0.29) is 63.7 Å². The van der Waals surface area contributed by atoms with Gasteiger partial charge < -0.3 is 23.4 Å². The Morgan fingerprint density at radius 1 is 1.11 bits per heavy atom. The molecular formula is C32H28ClN3O10S. The number of carbonyl (C=O) groups is 2. The van der Waals surface area contributed by atoms with Crippen LogP contribution < -0.4 is 24.4 Å².